The summed E-state index contributed by atoms with van der Waals surface area (Å²) in [6, 6.07) is 13.7. The fraction of sp³-hybridized carbons (Fsp3) is 0.0714. The number of rotatable bonds is 1. The number of imidazole rings is 1. The first kappa shape index (κ1) is 11.1. The summed E-state index contributed by atoms with van der Waals surface area (Å²) in [5.74, 6) is 1.40. The maximum absolute atomic E-state index is 6.15. The third kappa shape index (κ3) is 1.64. The number of benzene rings is 1. The van der Waals surface area contributed by atoms with Crippen LogP contribution >= 0.6 is 11.6 Å². The SMILES string of the molecule is Cc1cccc(-c2nc(Cl)c3cccc(N)n23)c1. The van der Waals surface area contributed by atoms with Crippen LogP contribution in [-0.2, 0) is 0 Å². The van der Waals surface area contributed by atoms with Crippen molar-refractivity contribution in [3.05, 3.63) is 53.2 Å². The number of fused-ring (bicyclic) bond motifs is 1. The van der Waals surface area contributed by atoms with Crippen LogP contribution < -0.4 is 5.73 Å². The molecule has 0 aliphatic heterocycles. The first-order valence-corrected chi connectivity index (χ1v) is 6.04. The van der Waals surface area contributed by atoms with Gasteiger partial charge < -0.3 is 5.73 Å². The normalized spacial score (nSPS) is 11.0. The summed E-state index contributed by atoms with van der Waals surface area (Å²) >= 11 is 6.15. The van der Waals surface area contributed by atoms with Crippen LogP contribution in [0.2, 0.25) is 5.15 Å². The van der Waals surface area contributed by atoms with Gasteiger partial charge in [-0.05, 0) is 25.1 Å². The summed E-state index contributed by atoms with van der Waals surface area (Å²) in [5, 5.41) is 0.471. The molecule has 0 radical (unpaired) electrons. The quantitative estimate of drug-likeness (QED) is 0.725. The lowest BCUT2D eigenvalue weighted by molar-refractivity contribution is 1.17. The van der Waals surface area contributed by atoms with Crippen molar-refractivity contribution in [3.8, 4) is 11.4 Å². The molecule has 0 fully saturated rings. The molecule has 3 aromatic rings. The first-order valence-electron chi connectivity index (χ1n) is 5.66. The summed E-state index contributed by atoms with van der Waals surface area (Å²) in [5.41, 5.74) is 9.02. The highest BCUT2D eigenvalue weighted by Crippen LogP contribution is 2.28. The zero-order valence-electron chi connectivity index (χ0n) is 9.89. The molecule has 0 saturated carbocycles. The van der Waals surface area contributed by atoms with Gasteiger partial charge in [-0.1, -0.05) is 41.4 Å². The summed E-state index contributed by atoms with van der Waals surface area (Å²) in [6.07, 6.45) is 0. The van der Waals surface area contributed by atoms with E-state index in [9.17, 15) is 0 Å². The molecule has 3 rings (SSSR count). The number of aryl methyl sites for hydroxylation is 1. The average Bonchev–Trinajstić information content (AvgIpc) is 2.69. The second-order valence-corrected chi connectivity index (χ2v) is 4.63. The Labute approximate surface area is 110 Å². The summed E-state index contributed by atoms with van der Waals surface area (Å²) in [6.45, 7) is 2.05. The Kier molecular flexibility index (Phi) is 2.49. The zero-order chi connectivity index (χ0) is 12.7. The topological polar surface area (TPSA) is 43.3 Å². The molecular weight excluding hydrogens is 246 g/mol. The van der Waals surface area contributed by atoms with Crippen molar-refractivity contribution >= 4 is 22.9 Å². The van der Waals surface area contributed by atoms with E-state index in [1.807, 2.05) is 47.7 Å². The number of nitrogens with zero attached hydrogens (tertiary/aromatic N) is 2. The molecule has 3 nitrogen and oxygen atoms in total. The van der Waals surface area contributed by atoms with Crippen LogP contribution in [-0.4, -0.2) is 9.38 Å². The molecule has 0 spiro atoms. The van der Waals surface area contributed by atoms with Gasteiger partial charge in [0.1, 0.15) is 11.6 Å². The van der Waals surface area contributed by atoms with Gasteiger partial charge >= 0.3 is 0 Å². The van der Waals surface area contributed by atoms with Gasteiger partial charge in [0, 0.05) is 5.56 Å². The minimum atomic E-state index is 0.471. The fourth-order valence-electron chi connectivity index (χ4n) is 2.10. The lowest BCUT2D eigenvalue weighted by Crippen LogP contribution is -1.98. The van der Waals surface area contributed by atoms with E-state index in [-0.39, 0.29) is 0 Å². The Morgan fingerprint density at radius 2 is 1.94 bits per heavy atom. The molecule has 2 N–H and O–H groups in total. The van der Waals surface area contributed by atoms with Crippen molar-refractivity contribution in [1.82, 2.24) is 9.38 Å². The van der Waals surface area contributed by atoms with Crippen LogP contribution in [0.1, 0.15) is 5.56 Å². The van der Waals surface area contributed by atoms with Crippen molar-refractivity contribution in [2.45, 2.75) is 6.92 Å². The summed E-state index contributed by atoms with van der Waals surface area (Å²) in [4.78, 5) is 4.41. The predicted molar refractivity (Wildman–Crippen MR) is 74.8 cm³/mol. The van der Waals surface area contributed by atoms with Gasteiger partial charge in [-0.3, -0.25) is 4.40 Å². The highest BCUT2D eigenvalue weighted by molar-refractivity contribution is 6.33. The van der Waals surface area contributed by atoms with Crippen molar-refractivity contribution in [1.29, 1.82) is 0 Å². The monoisotopic (exact) mass is 257 g/mol. The number of nitrogen functional groups attached to an aromatic ring is 1. The molecule has 2 aromatic heterocycles. The van der Waals surface area contributed by atoms with E-state index in [1.54, 1.807) is 0 Å². The lowest BCUT2D eigenvalue weighted by Gasteiger charge is -2.05. The molecule has 0 aliphatic rings. The average molecular weight is 258 g/mol. The lowest BCUT2D eigenvalue weighted by atomic mass is 10.1. The Morgan fingerprint density at radius 1 is 1.17 bits per heavy atom. The van der Waals surface area contributed by atoms with E-state index < -0.39 is 0 Å². The summed E-state index contributed by atoms with van der Waals surface area (Å²) < 4.78 is 1.87. The summed E-state index contributed by atoms with van der Waals surface area (Å²) in [7, 11) is 0. The van der Waals surface area contributed by atoms with Crippen LogP contribution in [0, 0.1) is 6.92 Å². The maximum Gasteiger partial charge on any atom is 0.155 e. The number of anilines is 1. The van der Waals surface area contributed by atoms with Gasteiger partial charge in [0.15, 0.2) is 5.15 Å². The van der Waals surface area contributed by atoms with Gasteiger partial charge in [-0.2, -0.15) is 0 Å². The van der Waals surface area contributed by atoms with Crippen molar-refractivity contribution in [2.24, 2.45) is 0 Å². The Balaban J connectivity index is 2.36. The van der Waals surface area contributed by atoms with Crippen LogP contribution in [0.3, 0.4) is 0 Å². The number of hydrogen-bond acceptors (Lipinski definition) is 2. The predicted octanol–water partition coefficient (Wildman–Crippen LogP) is 3.55. The number of pyridine rings is 1. The van der Waals surface area contributed by atoms with Gasteiger partial charge in [-0.25, -0.2) is 4.98 Å². The molecule has 2 heterocycles. The third-order valence-electron chi connectivity index (χ3n) is 2.92. The molecule has 0 atom stereocenters. The minimum absolute atomic E-state index is 0.471. The second-order valence-electron chi connectivity index (χ2n) is 4.27. The zero-order valence-corrected chi connectivity index (χ0v) is 10.6. The van der Waals surface area contributed by atoms with Crippen molar-refractivity contribution < 1.29 is 0 Å². The molecule has 90 valence electrons. The van der Waals surface area contributed by atoms with Crippen molar-refractivity contribution in [2.75, 3.05) is 5.73 Å². The van der Waals surface area contributed by atoms with E-state index in [4.69, 9.17) is 17.3 Å². The molecule has 0 bridgehead atoms. The third-order valence-corrected chi connectivity index (χ3v) is 3.20. The molecule has 0 aliphatic carbocycles. The van der Waals surface area contributed by atoms with E-state index >= 15 is 0 Å². The van der Waals surface area contributed by atoms with Gasteiger partial charge in [0.25, 0.3) is 0 Å². The number of hydrogen-bond donors (Lipinski definition) is 1. The largest absolute Gasteiger partial charge is 0.385 e. The van der Waals surface area contributed by atoms with E-state index in [0.717, 1.165) is 16.9 Å². The van der Waals surface area contributed by atoms with Gasteiger partial charge in [0.05, 0.1) is 5.52 Å². The molecular formula is C14H12ClN3. The molecule has 18 heavy (non-hydrogen) atoms. The van der Waals surface area contributed by atoms with E-state index in [1.165, 1.54) is 5.56 Å². The number of halogens is 1. The Hall–Kier alpha value is -2.00. The highest BCUT2D eigenvalue weighted by Gasteiger charge is 2.12. The van der Waals surface area contributed by atoms with E-state index in [2.05, 4.69) is 11.1 Å². The molecule has 4 heteroatoms. The van der Waals surface area contributed by atoms with Crippen molar-refractivity contribution in [3.63, 3.8) is 0 Å². The minimum Gasteiger partial charge on any atom is -0.385 e. The van der Waals surface area contributed by atoms with Crippen LogP contribution in [0.4, 0.5) is 5.82 Å². The van der Waals surface area contributed by atoms with E-state index in [0.29, 0.717) is 11.0 Å². The molecule has 1 aromatic carbocycles. The van der Waals surface area contributed by atoms with Gasteiger partial charge in [0.2, 0.25) is 0 Å². The fourth-order valence-corrected chi connectivity index (χ4v) is 2.33. The second kappa shape index (κ2) is 4.03. The number of nitrogens with two attached hydrogens (primary N) is 1. The Bertz CT molecular complexity index is 731. The molecule has 0 saturated heterocycles. The molecule has 0 unspecified atom stereocenters. The highest BCUT2D eigenvalue weighted by atomic mass is 35.5. The standard InChI is InChI=1S/C14H12ClN3/c1-9-4-2-5-10(8-9)14-17-13(15)11-6-3-7-12(16)18(11)14/h2-8H,16H2,1H3. The van der Waals surface area contributed by atoms with Gasteiger partial charge in [-0.15, -0.1) is 0 Å². The Morgan fingerprint density at radius 3 is 2.72 bits per heavy atom. The smallest absolute Gasteiger partial charge is 0.155 e. The van der Waals surface area contributed by atoms with Crippen LogP contribution in [0.25, 0.3) is 16.9 Å². The maximum atomic E-state index is 6.15. The van der Waals surface area contributed by atoms with Crippen LogP contribution in [0.15, 0.2) is 42.5 Å². The molecule has 0 amide bonds. The van der Waals surface area contributed by atoms with Crippen LogP contribution in [0.5, 0.6) is 0 Å². The number of aromatic nitrogens is 2. The first-order chi connectivity index (χ1) is 8.66.